The van der Waals surface area contributed by atoms with Crippen LogP contribution in [0.1, 0.15) is 18.4 Å². The smallest absolute Gasteiger partial charge is 0.218 e. The van der Waals surface area contributed by atoms with E-state index < -0.39 is 15.8 Å². The molecule has 0 aromatic heterocycles. The number of fused-ring (bicyclic) bond motifs is 1. The maximum atomic E-state index is 13.6. The highest BCUT2D eigenvalue weighted by Gasteiger charge is 2.44. The fourth-order valence-corrected chi connectivity index (χ4v) is 5.02. The van der Waals surface area contributed by atoms with E-state index in [4.69, 9.17) is 5.73 Å². The van der Waals surface area contributed by atoms with Gasteiger partial charge in [-0.15, -0.1) is 0 Å². The number of nitrogens with zero attached hydrogens (tertiary/aromatic N) is 1. The Hall–Kier alpha value is -0.980. The van der Waals surface area contributed by atoms with Gasteiger partial charge in [-0.1, -0.05) is 18.2 Å². The number of rotatable bonds is 3. The largest absolute Gasteiger partial charge is 0.327 e. The topological polar surface area (TPSA) is 63.4 Å². The van der Waals surface area contributed by atoms with Crippen molar-refractivity contribution in [3.8, 4) is 0 Å². The molecule has 3 rings (SSSR count). The quantitative estimate of drug-likeness (QED) is 0.915. The Morgan fingerprint density at radius 1 is 1.25 bits per heavy atom. The van der Waals surface area contributed by atoms with E-state index in [0.29, 0.717) is 19.0 Å². The molecule has 0 spiro atoms. The van der Waals surface area contributed by atoms with Crippen LogP contribution in [0.4, 0.5) is 4.39 Å². The highest BCUT2D eigenvalue weighted by molar-refractivity contribution is 7.88. The van der Waals surface area contributed by atoms with Crippen molar-refractivity contribution in [1.82, 2.24) is 4.31 Å². The highest BCUT2D eigenvalue weighted by Crippen LogP contribution is 2.38. The van der Waals surface area contributed by atoms with Gasteiger partial charge in [-0.05, 0) is 30.7 Å². The predicted octanol–water partition coefficient (Wildman–Crippen LogP) is 1.32. The lowest BCUT2D eigenvalue weighted by molar-refractivity contribution is 0.426. The van der Waals surface area contributed by atoms with Crippen LogP contribution in [0, 0.1) is 17.7 Å². The van der Waals surface area contributed by atoms with Crippen LogP contribution in [0.2, 0.25) is 0 Å². The SMILES string of the molecule is NC1CCC2CN(S(=O)(=O)Cc3ccccc3F)CC12. The van der Waals surface area contributed by atoms with Crippen LogP contribution < -0.4 is 5.73 Å². The Morgan fingerprint density at radius 3 is 2.70 bits per heavy atom. The van der Waals surface area contributed by atoms with E-state index in [9.17, 15) is 12.8 Å². The molecule has 2 aliphatic rings. The number of sulfonamides is 1. The van der Waals surface area contributed by atoms with Crippen molar-refractivity contribution >= 4 is 10.0 Å². The molecule has 0 amide bonds. The third-order valence-corrected chi connectivity index (χ3v) is 6.33. The van der Waals surface area contributed by atoms with Crippen molar-refractivity contribution in [3.63, 3.8) is 0 Å². The minimum Gasteiger partial charge on any atom is -0.327 e. The van der Waals surface area contributed by atoms with Gasteiger partial charge >= 0.3 is 0 Å². The van der Waals surface area contributed by atoms with Crippen molar-refractivity contribution in [2.24, 2.45) is 17.6 Å². The van der Waals surface area contributed by atoms with Gasteiger partial charge in [-0.3, -0.25) is 0 Å². The highest BCUT2D eigenvalue weighted by atomic mass is 32.2. The summed E-state index contributed by atoms with van der Waals surface area (Å²) in [6.07, 6.45) is 1.98. The van der Waals surface area contributed by atoms with E-state index in [1.54, 1.807) is 12.1 Å². The van der Waals surface area contributed by atoms with Crippen LogP contribution in [-0.2, 0) is 15.8 Å². The molecule has 1 saturated heterocycles. The molecule has 4 nitrogen and oxygen atoms in total. The van der Waals surface area contributed by atoms with Crippen molar-refractivity contribution in [2.45, 2.75) is 24.6 Å². The van der Waals surface area contributed by atoms with Crippen molar-refractivity contribution in [1.29, 1.82) is 0 Å². The van der Waals surface area contributed by atoms with Crippen molar-refractivity contribution in [2.75, 3.05) is 13.1 Å². The lowest BCUT2D eigenvalue weighted by Gasteiger charge is -2.18. The second-order valence-electron chi connectivity index (χ2n) is 5.83. The molecule has 1 aliphatic carbocycles. The normalized spacial score (nSPS) is 30.6. The molecule has 1 heterocycles. The molecule has 20 heavy (non-hydrogen) atoms. The number of hydrogen-bond donors (Lipinski definition) is 1. The van der Waals surface area contributed by atoms with E-state index in [1.165, 1.54) is 16.4 Å². The van der Waals surface area contributed by atoms with Crippen LogP contribution in [0.5, 0.6) is 0 Å². The molecule has 110 valence electrons. The van der Waals surface area contributed by atoms with Gasteiger partial charge in [0.15, 0.2) is 0 Å². The third-order valence-electron chi connectivity index (χ3n) is 4.57. The Kier molecular flexibility index (Phi) is 3.56. The predicted molar refractivity (Wildman–Crippen MR) is 74.8 cm³/mol. The summed E-state index contributed by atoms with van der Waals surface area (Å²) >= 11 is 0. The van der Waals surface area contributed by atoms with Crippen LogP contribution in [-0.4, -0.2) is 31.9 Å². The summed E-state index contributed by atoms with van der Waals surface area (Å²) in [6, 6.07) is 6.14. The molecule has 3 unspecified atom stereocenters. The van der Waals surface area contributed by atoms with Crippen LogP contribution in [0.25, 0.3) is 0 Å². The number of benzene rings is 1. The van der Waals surface area contributed by atoms with Gasteiger partial charge in [0.1, 0.15) is 5.82 Å². The van der Waals surface area contributed by atoms with Crippen LogP contribution in [0.3, 0.4) is 0 Å². The van der Waals surface area contributed by atoms with Gasteiger partial charge in [0.2, 0.25) is 10.0 Å². The Labute approximate surface area is 118 Å². The van der Waals surface area contributed by atoms with Gasteiger partial charge in [0.25, 0.3) is 0 Å². The number of hydrogen-bond acceptors (Lipinski definition) is 3. The van der Waals surface area contributed by atoms with Crippen molar-refractivity contribution in [3.05, 3.63) is 35.6 Å². The van der Waals surface area contributed by atoms with E-state index >= 15 is 0 Å². The second-order valence-corrected chi connectivity index (χ2v) is 7.80. The van der Waals surface area contributed by atoms with Gasteiger partial charge in [-0.25, -0.2) is 17.1 Å². The molecule has 0 bridgehead atoms. The zero-order valence-electron chi connectivity index (χ0n) is 11.2. The van der Waals surface area contributed by atoms with Crippen LogP contribution >= 0.6 is 0 Å². The Balaban J connectivity index is 1.75. The lowest BCUT2D eigenvalue weighted by Crippen LogP contribution is -2.34. The first-order chi connectivity index (χ1) is 9.47. The second kappa shape index (κ2) is 5.09. The summed E-state index contributed by atoms with van der Waals surface area (Å²) in [5, 5.41) is 0. The molecule has 2 fully saturated rings. The first-order valence-electron chi connectivity index (χ1n) is 6.94. The van der Waals surface area contributed by atoms with Gasteiger partial charge < -0.3 is 5.73 Å². The Morgan fingerprint density at radius 2 is 2.00 bits per heavy atom. The molecule has 1 saturated carbocycles. The fourth-order valence-electron chi connectivity index (χ4n) is 3.40. The average molecular weight is 298 g/mol. The van der Waals surface area contributed by atoms with Crippen LogP contribution in [0.15, 0.2) is 24.3 Å². The zero-order chi connectivity index (χ0) is 14.3. The summed E-state index contributed by atoms with van der Waals surface area (Å²) in [6.45, 7) is 1.03. The average Bonchev–Trinajstić information content (AvgIpc) is 2.95. The molecule has 3 atom stereocenters. The fraction of sp³-hybridized carbons (Fsp3) is 0.571. The van der Waals surface area contributed by atoms with E-state index in [0.717, 1.165) is 12.8 Å². The minimum absolute atomic E-state index is 0.105. The van der Waals surface area contributed by atoms with Crippen molar-refractivity contribution < 1.29 is 12.8 Å². The summed E-state index contributed by atoms with van der Waals surface area (Å²) < 4.78 is 39.9. The molecule has 1 aromatic carbocycles. The first-order valence-corrected chi connectivity index (χ1v) is 8.55. The lowest BCUT2D eigenvalue weighted by atomic mass is 9.98. The van der Waals surface area contributed by atoms with Gasteiger partial charge in [0.05, 0.1) is 5.75 Å². The molecule has 2 N–H and O–H groups in total. The number of nitrogens with two attached hydrogens (primary N) is 1. The molecule has 0 radical (unpaired) electrons. The maximum Gasteiger partial charge on any atom is 0.218 e. The monoisotopic (exact) mass is 298 g/mol. The molecular formula is C14H19FN2O2S. The summed E-state index contributed by atoms with van der Waals surface area (Å²) in [4.78, 5) is 0. The zero-order valence-corrected chi connectivity index (χ0v) is 12.0. The standard InChI is InChI=1S/C14H19FN2O2S/c15-13-4-2-1-3-11(13)9-20(18,19)17-7-10-5-6-14(16)12(10)8-17/h1-4,10,12,14H,5-9,16H2. The van der Waals surface area contributed by atoms with Gasteiger partial charge in [0, 0.05) is 24.7 Å². The maximum absolute atomic E-state index is 13.6. The molecule has 6 heteroatoms. The third kappa shape index (κ3) is 2.47. The summed E-state index contributed by atoms with van der Waals surface area (Å²) in [5.74, 6) is -0.0908. The molecule has 1 aromatic rings. The molecule has 1 aliphatic heterocycles. The van der Waals surface area contributed by atoms with E-state index in [1.807, 2.05) is 0 Å². The van der Waals surface area contributed by atoms with Gasteiger partial charge in [-0.2, -0.15) is 0 Å². The Bertz CT molecular complexity index is 605. The van der Waals surface area contributed by atoms with E-state index in [-0.39, 0.29) is 23.3 Å². The minimum atomic E-state index is -3.46. The first kappa shape index (κ1) is 14.0. The summed E-state index contributed by atoms with van der Waals surface area (Å²) in [7, 11) is -3.46. The molecular weight excluding hydrogens is 279 g/mol. The summed E-state index contributed by atoms with van der Waals surface area (Å²) in [5.41, 5.74) is 6.25. The van der Waals surface area contributed by atoms with E-state index in [2.05, 4.69) is 0 Å². The number of halogens is 1.